The van der Waals surface area contributed by atoms with Gasteiger partial charge in [0.1, 0.15) is 5.44 Å². The zero-order valence-corrected chi connectivity index (χ0v) is 31.6. The summed E-state index contributed by atoms with van der Waals surface area (Å²) in [6.07, 6.45) is 6.78. The number of aromatic amines is 2. The molecular formula is C41H52N4O5S. The van der Waals surface area contributed by atoms with Crippen molar-refractivity contribution >= 4 is 57.5 Å². The van der Waals surface area contributed by atoms with Crippen LogP contribution in [0.4, 0.5) is 0 Å². The van der Waals surface area contributed by atoms with Gasteiger partial charge in [-0.1, -0.05) is 26.5 Å². The van der Waals surface area contributed by atoms with Crippen LogP contribution in [0.5, 0.6) is 0 Å². The van der Waals surface area contributed by atoms with Gasteiger partial charge in [0, 0.05) is 70.1 Å². The number of rotatable bonds is 11. The Morgan fingerprint density at radius 2 is 1.82 bits per heavy atom. The molecule has 0 saturated carbocycles. The molecule has 6 heterocycles. The van der Waals surface area contributed by atoms with Crippen LogP contribution in [0.15, 0.2) is 24.8 Å². The molecule has 9 nitrogen and oxygen atoms in total. The van der Waals surface area contributed by atoms with Gasteiger partial charge in [-0.25, -0.2) is 4.98 Å². The van der Waals surface area contributed by atoms with Crippen LogP contribution in [-0.2, 0) is 20.7 Å². The minimum absolute atomic E-state index is 0.0221. The van der Waals surface area contributed by atoms with Gasteiger partial charge in [-0.15, -0.1) is 11.8 Å². The number of esters is 1. The Bertz CT molecular complexity index is 2000. The Kier molecular flexibility index (Phi) is 11.6. The topological polar surface area (TPSA) is 133 Å². The number of aliphatic hydroxyl groups excluding tert-OH is 2. The summed E-state index contributed by atoms with van der Waals surface area (Å²) in [5, 5.41) is 19.5. The summed E-state index contributed by atoms with van der Waals surface area (Å²) in [4.78, 5) is 30.7. The van der Waals surface area contributed by atoms with E-state index in [0.717, 1.165) is 79.3 Å². The second-order valence-corrected chi connectivity index (χ2v) is 15.4. The van der Waals surface area contributed by atoms with E-state index in [1.807, 2.05) is 6.08 Å². The summed E-state index contributed by atoms with van der Waals surface area (Å²) in [6, 6.07) is 6.50. The van der Waals surface area contributed by atoms with Gasteiger partial charge in [-0.2, -0.15) is 0 Å². The molecule has 0 spiro atoms. The molecule has 4 N–H and O–H groups in total. The average Bonchev–Trinajstić information content (AvgIpc) is 3.81. The van der Waals surface area contributed by atoms with Crippen LogP contribution >= 0.6 is 11.8 Å². The highest BCUT2D eigenvalue weighted by atomic mass is 32.2. The third-order valence-corrected chi connectivity index (χ3v) is 11.9. The molecule has 0 radical (unpaired) electrons. The molecule has 51 heavy (non-hydrogen) atoms. The van der Waals surface area contributed by atoms with E-state index in [-0.39, 0.29) is 36.0 Å². The van der Waals surface area contributed by atoms with Gasteiger partial charge >= 0.3 is 5.97 Å². The molecule has 272 valence electrons. The molecule has 6 rings (SSSR count). The van der Waals surface area contributed by atoms with E-state index < -0.39 is 6.10 Å². The van der Waals surface area contributed by atoms with Gasteiger partial charge in [0.15, 0.2) is 0 Å². The Morgan fingerprint density at radius 1 is 1.06 bits per heavy atom. The number of H-pyrrole nitrogens is 2. The van der Waals surface area contributed by atoms with Crippen molar-refractivity contribution in [2.45, 2.75) is 110 Å². The lowest BCUT2D eigenvalue weighted by molar-refractivity contribution is -0.143. The van der Waals surface area contributed by atoms with Crippen molar-refractivity contribution < 1.29 is 24.5 Å². The number of ether oxygens (including phenoxy) is 2. The molecule has 5 atom stereocenters. The van der Waals surface area contributed by atoms with Gasteiger partial charge in [0.05, 0.1) is 36.8 Å². The van der Waals surface area contributed by atoms with Crippen molar-refractivity contribution in [3.63, 3.8) is 0 Å². The van der Waals surface area contributed by atoms with E-state index in [0.29, 0.717) is 38.7 Å². The third kappa shape index (κ3) is 7.89. The van der Waals surface area contributed by atoms with Crippen molar-refractivity contribution in [3.8, 4) is 0 Å². The van der Waals surface area contributed by atoms with Crippen LogP contribution in [0.2, 0.25) is 0 Å². The Morgan fingerprint density at radius 3 is 2.57 bits per heavy atom. The lowest BCUT2D eigenvalue weighted by Crippen LogP contribution is -2.36. The fourth-order valence-electron chi connectivity index (χ4n) is 7.66. The summed E-state index contributed by atoms with van der Waals surface area (Å²) < 4.78 is 11.5. The van der Waals surface area contributed by atoms with Crippen molar-refractivity contribution in [2.75, 3.05) is 19.0 Å². The number of carbonyl (C=O) groups is 1. The number of aliphatic hydroxyl groups is 2. The van der Waals surface area contributed by atoms with Gasteiger partial charge in [-0.05, 0) is 105 Å². The van der Waals surface area contributed by atoms with Crippen LogP contribution in [0, 0.1) is 20.8 Å². The first-order valence-corrected chi connectivity index (χ1v) is 19.3. The van der Waals surface area contributed by atoms with E-state index in [4.69, 9.17) is 19.4 Å². The monoisotopic (exact) mass is 712 g/mol. The van der Waals surface area contributed by atoms with Crippen molar-refractivity contribution in [1.29, 1.82) is 0 Å². The molecule has 10 heteroatoms. The number of aromatic nitrogens is 4. The second-order valence-electron chi connectivity index (χ2n) is 14.2. The molecule has 3 aliphatic heterocycles. The van der Waals surface area contributed by atoms with Crippen LogP contribution in [-0.4, -0.2) is 72.7 Å². The first-order valence-electron chi connectivity index (χ1n) is 18.3. The summed E-state index contributed by atoms with van der Waals surface area (Å²) in [6.45, 7) is 17.2. The maximum absolute atomic E-state index is 13.0. The zero-order valence-electron chi connectivity index (χ0n) is 30.8. The number of hydrogen-bond donors (Lipinski definition) is 4. The van der Waals surface area contributed by atoms with E-state index >= 15 is 0 Å². The maximum atomic E-state index is 13.0. The van der Waals surface area contributed by atoms with Crippen molar-refractivity contribution in [3.05, 3.63) is 75.4 Å². The fraction of sp³-hybridized carbons (Fsp3) is 0.488. The largest absolute Gasteiger partial charge is 0.466 e. The average molecular weight is 713 g/mol. The molecule has 0 unspecified atom stereocenters. The predicted molar refractivity (Wildman–Crippen MR) is 208 cm³/mol. The molecule has 1 fully saturated rings. The number of carbonyl (C=O) groups excluding carboxylic acids is 1. The number of nitrogens with zero attached hydrogens (tertiary/aromatic N) is 2. The first-order chi connectivity index (χ1) is 24.5. The number of thioether (sulfide) groups is 1. The molecule has 8 bridgehead atoms. The summed E-state index contributed by atoms with van der Waals surface area (Å²) in [7, 11) is 0. The smallest absolute Gasteiger partial charge is 0.305 e. The maximum Gasteiger partial charge on any atom is 0.305 e. The van der Waals surface area contributed by atoms with Crippen molar-refractivity contribution in [2.24, 2.45) is 0 Å². The molecule has 0 aliphatic carbocycles. The predicted octanol–water partition coefficient (Wildman–Crippen LogP) is 8.20. The van der Waals surface area contributed by atoms with Gasteiger partial charge < -0.3 is 29.7 Å². The molecule has 0 aromatic carbocycles. The van der Waals surface area contributed by atoms with E-state index in [1.165, 1.54) is 11.1 Å². The second kappa shape index (κ2) is 15.9. The molecule has 1 saturated heterocycles. The van der Waals surface area contributed by atoms with E-state index in [2.05, 4.69) is 82.4 Å². The molecule has 3 aromatic heterocycles. The van der Waals surface area contributed by atoms with Crippen LogP contribution < -0.4 is 0 Å². The van der Waals surface area contributed by atoms with Crippen LogP contribution in [0.3, 0.4) is 0 Å². The lowest BCUT2D eigenvalue weighted by Gasteiger charge is -2.31. The van der Waals surface area contributed by atoms with Gasteiger partial charge in [0.2, 0.25) is 0 Å². The lowest BCUT2D eigenvalue weighted by atomic mass is 9.86. The molecule has 3 aromatic rings. The Labute approximate surface area is 305 Å². The summed E-state index contributed by atoms with van der Waals surface area (Å²) in [5.74, 6) is 0.622. The zero-order chi connectivity index (χ0) is 36.4. The minimum atomic E-state index is -0.461. The van der Waals surface area contributed by atoms with Gasteiger partial charge in [-0.3, -0.25) is 9.78 Å². The minimum Gasteiger partial charge on any atom is -0.466 e. The first kappa shape index (κ1) is 37.1. The highest BCUT2D eigenvalue weighted by Crippen LogP contribution is 2.42. The summed E-state index contributed by atoms with van der Waals surface area (Å²) >= 11 is 1.59. The normalized spacial score (nSPS) is 21.8. The van der Waals surface area contributed by atoms with Gasteiger partial charge in [0.25, 0.3) is 0 Å². The van der Waals surface area contributed by atoms with Crippen LogP contribution in [0.25, 0.3) is 39.8 Å². The van der Waals surface area contributed by atoms with Crippen molar-refractivity contribution in [1.82, 2.24) is 19.9 Å². The molecular weight excluding hydrogens is 661 g/mol. The molecule has 0 amide bonds. The SMILES string of the molecule is C=Cc1c(C)c2cc3nc(c(C)c4nc(cc5[nH]c(cc1[nH]2)c(C)c5CC)C(C)=C4)[C@@H](CCC(=O)OCCCS[C@H]1C[C@@H](O)C[C@@H](CO)O1)[C@@H]3C. The Balaban J connectivity index is 1.27. The quantitative estimate of drug-likeness (QED) is 0.116. The highest BCUT2D eigenvalue weighted by molar-refractivity contribution is 7.99. The number of allylic oxidation sites excluding steroid dienone is 1. The number of hydrogen-bond acceptors (Lipinski definition) is 8. The standard InChI is InChI=1S/C41H52N4O5S/c1-8-29-24(5)35-20-38-30(9-2)23(4)34(43-38)19-36-25(6)31(41(45-36)26(7)33-15-22(3)32(42-33)18-37(29)44-35)11-12-39(48)49-13-10-14-51-40-17-27(47)16-28(21-46)50-40/h9,15,18-20,25,27-28,31,40,43-44,46-47H,2,8,10-14,16-17,21H2,1,3-7H3/t25-,27-,28-,31-,40-/m0/s1. The van der Waals surface area contributed by atoms with Crippen LogP contribution in [0.1, 0.15) is 115 Å². The summed E-state index contributed by atoms with van der Waals surface area (Å²) in [5.41, 5.74) is 14.6. The molecule has 3 aliphatic rings. The van der Waals surface area contributed by atoms with E-state index in [9.17, 15) is 15.0 Å². The number of aryl methyl sites for hydroxylation is 3. The highest BCUT2D eigenvalue weighted by Gasteiger charge is 2.32. The number of fused-ring (bicyclic) bond motifs is 8. The fourth-order valence-corrected chi connectivity index (χ4v) is 8.80. The number of nitrogens with one attached hydrogen (secondary N) is 2. The van der Waals surface area contributed by atoms with E-state index in [1.54, 1.807) is 11.8 Å². The Hall–Kier alpha value is -3.70. The third-order valence-electron chi connectivity index (χ3n) is 10.7.